The molecule has 0 saturated carbocycles. The summed E-state index contributed by atoms with van der Waals surface area (Å²) in [5.41, 5.74) is 2.34. The van der Waals surface area contributed by atoms with E-state index in [0.29, 0.717) is 11.8 Å². The van der Waals surface area contributed by atoms with Crippen LogP contribution >= 0.6 is 15.9 Å². The molecule has 0 aliphatic carbocycles. The summed E-state index contributed by atoms with van der Waals surface area (Å²) in [6, 6.07) is 12.3. The van der Waals surface area contributed by atoms with Crippen molar-refractivity contribution in [1.82, 2.24) is 5.32 Å². The summed E-state index contributed by atoms with van der Waals surface area (Å²) in [6.07, 6.45) is 0. The Hall–Kier alpha value is -1.52. The van der Waals surface area contributed by atoms with Gasteiger partial charge in [0.15, 0.2) is 11.5 Å². The third-order valence-electron chi connectivity index (χ3n) is 3.43. The quantitative estimate of drug-likeness (QED) is 0.837. The molecule has 0 spiro atoms. The van der Waals surface area contributed by atoms with Gasteiger partial charge in [0.05, 0.1) is 11.6 Å². The third kappa shape index (κ3) is 3.77. The summed E-state index contributed by atoms with van der Waals surface area (Å²) >= 11 is 3.57. The molecular formula is C17H20BrNO2. The van der Waals surface area contributed by atoms with Gasteiger partial charge in [0, 0.05) is 6.04 Å². The van der Waals surface area contributed by atoms with Crippen molar-refractivity contribution in [3.05, 3.63) is 52.0 Å². The van der Waals surface area contributed by atoms with Crippen molar-refractivity contribution < 1.29 is 9.47 Å². The van der Waals surface area contributed by atoms with Crippen LogP contribution in [0, 0.1) is 6.92 Å². The molecule has 1 atom stereocenters. The largest absolute Gasteiger partial charge is 0.493 e. The summed E-state index contributed by atoms with van der Waals surface area (Å²) in [4.78, 5) is 0. The van der Waals surface area contributed by atoms with Gasteiger partial charge in [-0.2, -0.15) is 0 Å². The Morgan fingerprint density at radius 3 is 2.38 bits per heavy atom. The van der Waals surface area contributed by atoms with Gasteiger partial charge in [-0.15, -0.1) is 0 Å². The van der Waals surface area contributed by atoms with Crippen LogP contribution in [0.25, 0.3) is 0 Å². The Balaban J connectivity index is 2.28. The van der Waals surface area contributed by atoms with Crippen LogP contribution in [0.3, 0.4) is 0 Å². The topological polar surface area (TPSA) is 30.5 Å². The molecule has 2 rings (SSSR count). The van der Waals surface area contributed by atoms with Gasteiger partial charge in [-0.25, -0.2) is 0 Å². The molecule has 0 aliphatic rings. The third-order valence-corrected chi connectivity index (χ3v) is 4.05. The zero-order chi connectivity index (χ0) is 15.4. The number of aryl methyl sites for hydroxylation is 1. The zero-order valence-electron chi connectivity index (χ0n) is 12.7. The first-order valence-corrected chi connectivity index (χ1v) is 7.63. The fraction of sp³-hybridized carbons (Fsp3) is 0.294. The fourth-order valence-corrected chi connectivity index (χ4v) is 2.49. The van der Waals surface area contributed by atoms with E-state index < -0.39 is 0 Å². The number of rotatable bonds is 5. The predicted octanol–water partition coefficient (Wildman–Crippen LogP) is 4.84. The highest BCUT2D eigenvalue weighted by molar-refractivity contribution is 9.10. The summed E-state index contributed by atoms with van der Waals surface area (Å²) in [5.74, 6) is 2.21. The minimum absolute atomic E-state index is 0.296. The Labute approximate surface area is 134 Å². The van der Waals surface area contributed by atoms with Crippen LogP contribution in [-0.2, 0) is 0 Å². The number of ether oxygens (including phenoxy) is 2. The summed E-state index contributed by atoms with van der Waals surface area (Å²) in [5, 5.41) is 3.22. The number of benzene rings is 2. The van der Waals surface area contributed by atoms with Crippen molar-refractivity contribution in [2.75, 3.05) is 14.2 Å². The monoisotopic (exact) mass is 349 g/mol. The van der Waals surface area contributed by atoms with Crippen molar-refractivity contribution in [2.24, 2.45) is 0 Å². The van der Waals surface area contributed by atoms with E-state index >= 15 is 0 Å². The molecule has 0 bridgehead atoms. The minimum Gasteiger partial charge on any atom is -0.493 e. The van der Waals surface area contributed by atoms with Gasteiger partial charge in [-0.1, -0.05) is 12.1 Å². The van der Waals surface area contributed by atoms with Crippen LogP contribution in [0.2, 0.25) is 0 Å². The first kappa shape index (κ1) is 15.9. The molecule has 1 unspecified atom stereocenters. The number of methoxy groups -OCH3 is 1. The fourth-order valence-electron chi connectivity index (χ4n) is 2.01. The molecule has 0 aromatic heterocycles. The molecule has 2 aromatic rings. The average Bonchev–Trinajstić information content (AvgIpc) is 2.49. The van der Waals surface area contributed by atoms with Gasteiger partial charge in [0.2, 0.25) is 0 Å². The van der Waals surface area contributed by atoms with Crippen LogP contribution < -0.4 is 14.8 Å². The summed E-state index contributed by atoms with van der Waals surface area (Å²) in [6.45, 7) is 4.14. The lowest BCUT2D eigenvalue weighted by molar-refractivity contribution is 0.378. The second-order valence-electron chi connectivity index (χ2n) is 4.96. The van der Waals surface area contributed by atoms with Gasteiger partial charge in [0.1, 0.15) is 5.75 Å². The van der Waals surface area contributed by atoms with E-state index in [4.69, 9.17) is 9.47 Å². The van der Waals surface area contributed by atoms with Crippen LogP contribution in [0.5, 0.6) is 17.2 Å². The average molecular weight is 350 g/mol. The molecule has 112 valence electrons. The van der Waals surface area contributed by atoms with Crippen molar-refractivity contribution in [2.45, 2.75) is 19.9 Å². The Bertz CT molecular complexity index is 628. The second kappa shape index (κ2) is 6.96. The molecule has 4 heteroatoms. The van der Waals surface area contributed by atoms with Gasteiger partial charge in [-0.3, -0.25) is 0 Å². The number of hydrogen-bond acceptors (Lipinski definition) is 3. The molecule has 3 nitrogen and oxygen atoms in total. The SMILES string of the molecule is CNC(C)c1ccc(Oc2ccc(C)cc2OC)c(Br)c1. The van der Waals surface area contributed by atoms with Gasteiger partial charge < -0.3 is 14.8 Å². The maximum Gasteiger partial charge on any atom is 0.169 e. The Kier molecular flexibility index (Phi) is 5.26. The van der Waals surface area contributed by atoms with Gasteiger partial charge in [-0.05, 0) is 72.2 Å². The Morgan fingerprint density at radius 1 is 1.05 bits per heavy atom. The summed E-state index contributed by atoms with van der Waals surface area (Å²) < 4.78 is 12.3. The second-order valence-corrected chi connectivity index (χ2v) is 5.81. The zero-order valence-corrected chi connectivity index (χ0v) is 14.3. The van der Waals surface area contributed by atoms with E-state index in [0.717, 1.165) is 21.5 Å². The van der Waals surface area contributed by atoms with Gasteiger partial charge >= 0.3 is 0 Å². The number of hydrogen-bond donors (Lipinski definition) is 1. The van der Waals surface area contributed by atoms with E-state index in [9.17, 15) is 0 Å². The molecule has 0 fully saturated rings. The highest BCUT2D eigenvalue weighted by Gasteiger charge is 2.10. The van der Waals surface area contributed by atoms with Gasteiger partial charge in [0.25, 0.3) is 0 Å². The smallest absolute Gasteiger partial charge is 0.169 e. The normalized spacial score (nSPS) is 12.0. The molecule has 0 aliphatic heterocycles. The molecular weight excluding hydrogens is 330 g/mol. The molecule has 1 N–H and O–H groups in total. The molecule has 2 aromatic carbocycles. The van der Waals surface area contributed by atoms with Crippen LogP contribution in [0.4, 0.5) is 0 Å². The molecule has 0 saturated heterocycles. The maximum atomic E-state index is 5.96. The molecule has 0 radical (unpaired) electrons. The lowest BCUT2D eigenvalue weighted by Gasteiger charge is -2.15. The maximum absolute atomic E-state index is 5.96. The van der Waals surface area contributed by atoms with Crippen molar-refractivity contribution in [1.29, 1.82) is 0 Å². The van der Waals surface area contributed by atoms with E-state index in [-0.39, 0.29) is 0 Å². The first-order valence-electron chi connectivity index (χ1n) is 6.84. The van der Waals surface area contributed by atoms with Crippen molar-refractivity contribution in [3.8, 4) is 17.2 Å². The highest BCUT2D eigenvalue weighted by Crippen LogP contribution is 2.36. The number of halogens is 1. The first-order chi connectivity index (χ1) is 10.0. The highest BCUT2D eigenvalue weighted by atomic mass is 79.9. The predicted molar refractivity (Wildman–Crippen MR) is 89.4 cm³/mol. The van der Waals surface area contributed by atoms with Crippen molar-refractivity contribution >= 4 is 15.9 Å². The van der Waals surface area contributed by atoms with E-state index in [1.54, 1.807) is 7.11 Å². The van der Waals surface area contributed by atoms with Crippen LogP contribution in [-0.4, -0.2) is 14.2 Å². The van der Waals surface area contributed by atoms with E-state index in [2.05, 4.69) is 40.3 Å². The lowest BCUT2D eigenvalue weighted by atomic mass is 10.1. The molecule has 0 amide bonds. The Morgan fingerprint density at radius 2 is 1.76 bits per heavy atom. The minimum atomic E-state index is 0.296. The molecule has 21 heavy (non-hydrogen) atoms. The van der Waals surface area contributed by atoms with Crippen molar-refractivity contribution in [3.63, 3.8) is 0 Å². The van der Waals surface area contributed by atoms with Crippen LogP contribution in [0.1, 0.15) is 24.1 Å². The van der Waals surface area contributed by atoms with E-state index in [1.165, 1.54) is 5.56 Å². The lowest BCUT2D eigenvalue weighted by Crippen LogP contribution is -2.12. The van der Waals surface area contributed by atoms with E-state index in [1.807, 2.05) is 38.2 Å². The number of nitrogens with one attached hydrogen (secondary N) is 1. The standard InChI is InChI=1S/C17H20BrNO2/c1-11-5-7-16(17(9-11)20-4)21-15-8-6-13(10-14(15)18)12(2)19-3/h5-10,12,19H,1-4H3. The van der Waals surface area contributed by atoms with Crippen LogP contribution in [0.15, 0.2) is 40.9 Å². The molecule has 0 heterocycles. The summed E-state index contributed by atoms with van der Waals surface area (Å²) in [7, 11) is 3.59.